The molecule has 5 aromatic rings. The molecule has 2 aliphatic rings. The van der Waals surface area contributed by atoms with Gasteiger partial charge in [-0.05, 0) is 46.5 Å². The first-order valence-corrected chi connectivity index (χ1v) is 12.7. The lowest BCUT2D eigenvalue weighted by atomic mass is 9.93. The lowest BCUT2D eigenvalue weighted by Gasteiger charge is -2.38. The molecule has 0 N–H and O–H groups in total. The van der Waals surface area contributed by atoms with E-state index in [-0.39, 0.29) is 0 Å². The summed E-state index contributed by atoms with van der Waals surface area (Å²) in [6.07, 6.45) is -4.17. The van der Waals surface area contributed by atoms with E-state index in [1.807, 2.05) is 12.1 Å². The van der Waals surface area contributed by atoms with Crippen LogP contribution in [0, 0.1) is 11.8 Å². The molecule has 0 fully saturated rings. The van der Waals surface area contributed by atoms with Gasteiger partial charge in [0.2, 0.25) is 5.82 Å². The van der Waals surface area contributed by atoms with Crippen LogP contribution in [0.3, 0.4) is 0 Å². The Hall–Kier alpha value is -4.72. The first-order chi connectivity index (χ1) is 19.3. The molecule has 40 heavy (non-hydrogen) atoms. The number of para-hydroxylation sites is 4. The van der Waals surface area contributed by atoms with Crippen LogP contribution in [-0.4, -0.2) is 4.98 Å². The normalized spacial score (nSPS) is 13.8. The molecule has 0 saturated heterocycles. The molecule has 0 aliphatic carbocycles. The van der Waals surface area contributed by atoms with Crippen molar-refractivity contribution in [1.82, 2.24) is 4.98 Å². The maximum Gasteiger partial charge on any atom is 0.422 e. The van der Waals surface area contributed by atoms with Crippen LogP contribution in [0.2, 0.25) is 0 Å². The molecule has 7 rings (SSSR count). The summed E-state index contributed by atoms with van der Waals surface area (Å²) >= 11 is 0. The Bertz CT molecular complexity index is 1710. The van der Waals surface area contributed by atoms with Gasteiger partial charge in [0.15, 0.2) is 5.82 Å². The summed E-state index contributed by atoms with van der Waals surface area (Å²) in [5.74, 6) is -4.00. The fourth-order valence-corrected chi connectivity index (χ4v) is 5.80. The van der Waals surface area contributed by atoms with Gasteiger partial charge in [0.25, 0.3) is 5.95 Å². The average Bonchev–Trinajstić information content (AvgIpc) is 2.95. The quantitative estimate of drug-likeness (QED) is 0.161. The first-order valence-electron chi connectivity index (χ1n) is 12.7. The average molecular weight is 542 g/mol. The van der Waals surface area contributed by atoms with E-state index in [0.29, 0.717) is 46.7 Å². The Morgan fingerprint density at radius 3 is 1.32 bits per heavy atom. The van der Waals surface area contributed by atoms with E-state index in [0.717, 1.165) is 11.1 Å². The van der Waals surface area contributed by atoms with E-state index in [1.54, 1.807) is 84.9 Å². The largest absolute Gasteiger partial charge is 0.422 e. The number of nitrogens with zero attached hydrogens (tertiary/aromatic N) is 3. The molecule has 1 aromatic heterocycles. The minimum atomic E-state index is -5.09. The molecule has 3 heterocycles. The Morgan fingerprint density at radius 2 is 0.925 bits per heavy atom. The third-order valence-electron chi connectivity index (χ3n) is 7.46. The number of anilines is 6. The smallest absolute Gasteiger partial charge is 0.306 e. The third-order valence-corrected chi connectivity index (χ3v) is 7.46. The van der Waals surface area contributed by atoms with Gasteiger partial charge in [-0.1, -0.05) is 72.8 Å². The number of aromatic nitrogens is 1. The molecule has 0 unspecified atom stereocenters. The molecule has 0 bridgehead atoms. The van der Waals surface area contributed by atoms with Gasteiger partial charge in [0, 0.05) is 24.2 Å². The summed E-state index contributed by atoms with van der Waals surface area (Å²) in [5.41, 5.74) is 2.16. The van der Waals surface area contributed by atoms with Crippen LogP contribution >= 0.6 is 0 Å². The van der Waals surface area contributed by atoms with Crippen LogP contribution in [-0.2, 0) is 19.0 Å². The van der Waals surface area contributed by atoms with Crippen molar-refractivity contribution in [3.8, 4) is 0 Å². The van der Waals surface area contributed by atoms with Crippen LogP contribution in [0.4, 0.5) is 56.2 Å². The molecule has 0 radical (unpaired) electrons. The van der Waals surface area contributed by atoms with Gasteiger partial charge in [0.05, 0.1) is 11.4 Å². The Morgan fingerprint density at radius 1 is 0.550 bits per heavy atom. The van der Waals surface area contributed by atoms with Gasteiger partial charge in [0.1, 0.15) is 11.3 Å². The summed E-state index contributed by atoms with van der Waals surface area (Å²) in [6, 6.07) is 27.6. The molecule has 2 aliphatic heterocycles. The molecular formula is C32H20F5N3. The van der Waals surface area contributed by atoms with Crippen molar-refractivity contribution in [2.45, 2.75) is 19.0 Å². The Balaban J connectivity index is 1.59. The van der Waals surface area contributed by atoms with E-state index in [4.69, 9.17) is 0 Å². The summed E-state index contributed by atoms with van der Waals surface area (Å²) in [6.45, 7) is 0. The number of rotatable bonds is 2. The minimum absolute atomic E-state index is 0.349. The van der Waals surface area contributed by atoms with E-state index in [2.05, 4.69) is 4.98 Å². The van der Waals surface area contributed by atoms with Crippen molar-refractivity contribution in [2.75, 3.05) is 9.80 Å². The fraction of sp³-hybridized carbons (Fsp3) is 0.0938. The second kappa shape index (κ2) is 8.91. The zero-order valence-corrected chi connectivity index (χ0v) is 20.9. The number of pyridine rings is 1. The van der Waals surface area contributed by atoms with Crippen LogP contribution < -0.4 is 9.80 Å². The third kappa shape index (κ3) is 3.66. The van der Waals surface area contributed by atoms with Crippen LogP contribution in [0.15, 0.2) is 97.1 Å². The number of hydrogen-bond donors (Lipinski definition) is 0. The maximum absolute atomic E-state index is 15.9. The molecule has 4 aromatic carbocycles. The lowest BCUT2D eigenvalue weighted by Crippen LogP contribution is -2.28. The molecule has 0 atom stereocenters. The van der Waals surface area contributed by atoms with Crippen molar-refractivity contribution < 1.29 is 22.0 Å². The molecule has 3 nitrogen and oxygen atoms in total. The Kier molecular flexibility index (Phi) is 5.42. The zero-order chi connectivity index (χ0) is 27.6. The van der Waals surface area contributed by atoms with Gasteiger partial charge >= 0.3 is 6.18 Å². The van der Waals surface area contributed by atoms with Crippen LogP contribution in [0.5, 0.6) is 0 Å². The maximum atomic E-state index is 15.9. The highest BCUT2D eigenvalue weighted by atomic mass is 19.4. The SMILES string of the molecule is Fc1nc(N2c3ccccc3Cc3ccccc32)c(C(F)(F)F)c(N2c3ccccc3Cc3ccccc32)c1F. The van der Waals surface area contributed by atoms with E-state index >= 15 is 22.0 Å². The van der Waals surface area contributed by atoms with Crippen LogP contribution in [0.25, 0.3) is 0 Å². The molecular weight excluding hydrogens is 521 g/mol. The van der Waals surface area contributed by atoms with Crippen molar-refractivity contribution in [3.63, 3.8) is 0 Å². The van der Waals surface area contributed by atoms with Crippen molar-refractivity contribution >= 4 is 34.3 Å². The highest BCUT2D eigenvalue weighted by Gasteiger charge is 2.46. The van der Waals surface area contributed by atoms with Gasteiger partial charge < -0.3 is 4.90 Å². The molecule has 198 valence electrons. The van der Waals surface area contributed by atoms with Crippen LogP contribution in [0.1, 0.15) is 27.8 Å². The summed E-state index contributed by atoms with van der Waals surface area (Å²) in [5, 5.41) is 0. The van der Waals surface area contributed by atoms with Gasteiger partial charge in [-0.3, -0.25) is 4.90 Å². The number of hydrogen-bond acceptors (Lipinski definition) is 3. The van der Waals surface area contributed by atoms with Crippen molar-refractivity contribution in [2.24, 2.45) is 0 Å². The molecule has 8 heteroatoms. The number of alkyl halides is 3. The minimum Gasteiger partial charge on any atom is -0.306 e. The van der Waals surface area contributed by atoms with Crippen molar-refractivity contribution in [3.05, 3.63) is 137 Å². The predicted octanol–water partition coefficient (Wildman–Crippen LogP) is 9.13. The predicted molar refractivity (Wildman–Crippen MR) is 144 cm³/mol. The number of halogens is 5. The molecule has 0 spiro atoms. The Labute approximate surface area is 226 Å². The summed E-state index contributed by atoms with van der Waals surface area (Å²) < 4.78 is 77.2. The van der Waals surface area contributed by atoms with E-state index in [1.165, 1.54) is 9.80 Å². The second-order valence-corrected chi connectivity index (χ2v) is 9.80. The summed E-state index contributed by atoms with van der Waals surface area (Å²) in [7, 11) is 0. The van der Waals surface area contributed by atoms with Gasteiger partial charge in [-0.15, -0.1) is 0 Å². The first kappa shape index (κ1) is 24.3. The van der Waals surface area contributed by atoms with Crippen molar-refractivity contribution in [1.29, 1.82) is 0 Å². The second-order valence-electron chi connectivity index (χ2n) is 9.80. The monoisotopic (exact) mass is 541 g/mol. The lowest BCUT2D eigenvalue weighted by molar-refractivity contribution is -0.136. The van der Waals surface area contributed by atoms with E-state index < -0.39 is 35.0 Å². The zero-order valence-electron chi connectivity index (χ0n) is 20.9. The van der Waals surface area contributed by atoms with Gasteiger partial charge in [-0.2, -0.15) is 26.9 Å². The molecule has 0 saturated carbocycles. The topological polar surface area (TPSA) is 19.4 Å². The van der Waals surface area contributed by atoms with E-state index in [9.17, 15) is 0 Å². The number of fused-ring (bicyclic) bond motifs is 4. The highest BCUT2D eigenvalue weighted by molar-refractivity contribution is 5.90. The fourth-order valence-electron chi connectivity index (χ4n) is 5.80. The standard InChI is InChI=1S/C32H20F5N3/c33-28-29(39-23-13-5-1-9-19(23)17-20-10-2-6-14-24(20)39)27(32(35,36)37)31(38-30(28)34)40-25-15-7-3-11-21(25)18-22-12-4-8-16-26(22)40/h1-16H,17-18H2. The summed E-state index contributed by atoms with van der Waals surface area (Å²) in [4.78, 5) is 6.14. The van der Waals surface area contributed by atoms with Gasteiger partial charge in [-0.25, -0.2) is 0 Å². The molecule has 0 amide bonds. The number of benzene rings is 4. The highest BCUT2D eigenvalue weighted by Crippen LogP contribution is 2.54.